The molecule has 0 saturated carbocycles. The van der Waals surface area contributed by atoms with Crippen molar-refractivity contribution in [2.75, 3.05) is 20.3 Å². The molecule has 4 nitrogen and oxygen atoms in total. The molecule has 0 fully saturated rings. The molecule has 0 radical (unpaired) electrons. The van der Waals surface area contributed by atoms with Crippen LogP contribution in [0.4, 0.5) is 0 Å². The number of halogens is 2. The first kappa shape index (κ1) is 15.8. The summed E-state index contributed by atoms with van der Waals surface area (Å²) in [6.07, 6.45) is 3.15. The molecule has 1 aromatic carbocycles. The van der Waals surface area contributed by atoms with Crippen molar-refractivity contribution in [1.29, 1.82) is 0 Å². The first-order chi connectivity index (χ1) is 10.1. The summed E-state index contributed by atoms with van der Waals surface area (Å²) in [5, 5.41) is 3.65. The number of amides is 1. The molecule has 110 valence electrons. The van der Waals surface area contributed by atoms with Crippen molar-refractivity contribution < 1.29 is 9.53 Å². The van der Waals surface area contributed by atoms with E-state index in [9.17, 15) is 4.79 Å². The second-order valence-corrected chi connectivity index (χ2v) is 5.10. The molecule has 0 bridgehead atoms. The molecule has 2 rings (SSSR count). The number of pyridine rings is 1. The molecule has 2 aromatic rings. The van der Waals surface area contributed by atoms with Crippen molar-refractivity contribution >= 4 is 29.1 Å². The number of nitrogens with one attached hydrogen (secondary N) is 1. The Kier molecular flexibility index (Phi) is 5.56. The average molecular weight is 325 g/mol. The number of carbonyl (C=O) groups excluding carboxylic acids is 1. The molecule has 1 heterocycles. The van der Waals surface area contributed by atoms with E-state index in [0.717, 1.165) is 11.1 Å². The number of nitrogens with zero attached hydrogens (tertiary/aromatic N) is 1. The summed E-state index contributed by atoms with van der Waals surface area (Å²) in [6, 6.07) is 7.07. The predicted molar refractivity (Wildman–Crippen MR) is 83.9 cm³/mol. The maximum absolute atomic E-state index is 12.0. The second-order valence-electron chi connectivity index (χ2n) is 4.31. The number of methoxy groups -OCH3 is 1. The largest absolute Gasteiger partial charge is 0.383 e. The Morgan fingerprint density at radius 1 is 1.33 bits per heavy atom. The van der Waals surface area contributed by atoms with E-state index in [-0.39, 0.29) is 5.91 Å². The number of benzene rings is 1. The zero-order chi connectivity index (χ0) is 15.2. The van der Waals surface area contributed by atoms with Crippen LogP contribution in [-0.2, 0) is 4.74 Å². The lowest BCUT2D eigenvalue weighted by molar-refractivity contribution is 0.0937. The molecule has 0 aliphatic rings. The molecule has 0 spiro atoms. The summed E-state index contributed by atoms with van der Waals surface area (Å²) in [7, 11) is 1.58. The van der Waals surface area contributed by atoms with Gasteiger partial charge < -0.3 is 10.1 Å². The molecule has 0 aliphatic carbocycles. The predicted octanol–water partition coefficient (Wildman–Crippen LogP) is 3.43. The summed E-state index contributed by atoms with van der Waals surface area (Å²) in [5.74, 6) is -0.209. The fourth-order valence-electron chi connectivity index (χ4n) is 1.81. The standard InChI is InChI=1S/C15H14Cl2N2O2/c1-21-6-5-19-15(20)11-7-10(8-18-9-11)12-3-2-4-13(16)14(12)17/h2-4,7-9H,5-6H2,1H3,(H,19,20). The summed E-state index contributed by atoms with van der Waals surface area (Å²) in [5.41, 5.74) is 1.93. The van der Waals surface area contributed by atoms with Gasteiger partial charge in [0.05, 0.1) is 22.2 Å². The van der Waals surface area contributed by atoms with Crippen LogP contribution in [0.1, 0.15) is 10.4 Å². The Balaban J connectivity index is 2.25. The Bertz CT molecular complexity index is 647. The third kappa shape index (κ3) is 3.94. The molecule has 0 saturated heterocycles. The number of hydrogen-bond donors (Lipinski definition) is 1. The first-order valence-corrected chi connectivity index (χ1v) is 7.05. The van der Waals surface area contributed by atoms with Gasteiger partial charge in [-0.2, -0.15) is 0 Å². The van der Waals surface area contributed by atoms with Gasteiger partial charge in [-0.1, -0.05) is 35.3 Å². The molecular formula is C15H14Cl2N2O2. The molecule has 0 aliphatic heterocycles. The Morgan fingerprint density at radius 3 is 2.90 bits per heavy atom. The van der Waals surface area contributed by atoms with Gasteiger partial charge in [0.15, 0.2) is 0 Å². The minimum Gasteiger partial charge on any atom is -0.383 e. The van der Waals surface area contributed by atoms with Gasteiger partial charge in [-0.3, -0.25) is 9.78 Å². The van der Waals surface area contributed by atoms with E-state index in [1.54, 1.807) is 31.5 Å². The molecule has 6 heteroatoms. The highest BCUT2D eigenvalue weighted by molar-refractivity contribution is 6.43. The summed E-state index contributed by atoms with van der Waals surface area (Å²) >= 11 is 12.2. The van der Waals surface area contributed by atoms with Crippen molar-refractivity contribution in [3.8, 4) is 11.1 Å². The van der Waals surface area contributed by atoms with Gasteiger partial charge in [0.2, 0.25) is 0 Å². The number of carbonyl (C=O) groups is 1. The Hall–Kier alpha value is -1.62. The minimum atomic E-state index is -0.209. The third-order valence-corrected chi connectivity index (χ3v) is 3.67. The number of aromatic nitrogens is 1. The fraction of sp³-hybridized carbons (Fsp3) is 0.200. The lowest BCUT2D eigenvalue weighted by atomic mass is 10.1. The van der Waals surface area contributed by atoms with E-state index in [1.165, 1.54) is 6.20 Å². The van der Waals surface area contributed by atoms with Crippen LogP contribution in [0.25, 0.3) is 11.1 Å². The SMILES string of the molecule is COCCNC(=O)c1cncc(-c2cccc(Cl)c2Cl)c1. The molecule has 21 heavy (non-hydrogen) atoms. The van der Waals surface area contributed by atoms with Crippen LogP contribution in [0.2, 0.25) is 10.0 Å². The maximum atomic E-state index is 12.0. The topological polar surface area (TPSA) is 51.2 Å². The van der Waals surface area contributed by atoms with Crippen LogP contribution in [0.3, 0.4) is 0 Å². The number of rotatable bonds is 5. The quantitative estimate of drug-likeness (QED) is 0.857. The van der Waals surface area contributed by atoms with Crippen LogP contribution in [0.5, 0.6) is 0 Å². The average Bonchev–Trinajstić information content (AvgIpc) is 2.50. The third-order valence-electron chi connectivity index (χ3n) is 2.85. The van der Waals surface area contributed by atoms with Crippen molar-refractivity contribution in [1.82, 2.24) is 10.3 Å². The lowest BCUT2D eigenvalue weighted by Crippen LogP contribution is -2.27. The zero-order valence-electron chi connectivity index (χ0n) is 11.4. The van der Waals surface area contributed by atoms with E-state index < -0.39 is 0 Å². The van der Waals surface area contributed by atoms with Gasteiger partial charge in [-0.15, -0.1) is 0 Å². The molecular weight excluding hydrogens is 311 g/mol. The van der Waals surface area contributed by atoms with E-state index in [2.05, 4.69) is 10.3 Å². The van der Waals surface area contributed by atoms with Gasteiger partial charge in [0.1, 0.15) is 0 Å². The van der Waals surface area contributed by atoms with Crippen molar-refractivity contribution in [3.63, 3.8) is 0 Å². The summed E-state index contributed by atoms with van der Waals surface area (Å²) < 4.78 is 4.89. The van der Waals surface area contributed by atoms with E-state index in [0.29, 0.717) is 28.8 Å². The highest BCUT2D eigenvalue weighted by atomic mass is 35.5. The van der Waals surface area contributed by atoms with Crippen LogP contribution >= 0.6 is 23.2 Å². The summed E-state index contributed by atoms with van der Waals surface area (Å²) in [6.45, 7) is 0.899. The smallest absolute Gasteiger partial charge is 0.252 e. The van der Waals surface area contributed by atoms with Gasteiger partial charge >= 0.3 is 0 Å². The molecule has 1 aromatic heterocycles. The molecule has 0 unspecified atom stereocenters. The minimum absolute atomic E-state index is 0.209. The van der Waals surface area contributed by atoms with Gasteiger partial charge in [-0.05, 0) is 12.1 Å². The first-order valence-electron chi connectivity index (χ1n) is 6.30. The van der Waals surface area contributed by atoms with Crippen LogP contribution < -0.4 is 5.32 Å². The Morgan fingerprint density at radius 2 is 2.14 bits per heavy atom. The normalized spacial score (nSPS) is 10.4. The lowest BCUT2D eigenvalue weighted by Gasteiger charge is -2.08. The highest BCUT2D eigenvalue weighted by Gasteiger charge is 2.11. The molecule has 1 N–H and O–H groups in total. The Labute approximate surface area is 133 Å². The fourth-order valence-corrected chi connectivity index (χ4v) is 2.22. The summed E-state index contributed by atoms with van der Waals surface area (Å²) in [4.78, 5) is 16.1. The van der Waals surface area contributed by atoms with Crippen molar-refractivity contribution in [3.05, 3.63) is 52.3 Å². The van der Waals surface area contributed by atoms with Gasteiger partial charge in [0, 0.05) is 37.2 Å². The van der Waals surface area contributed by atoms with Gasteiger partial charge in [0.25, 0.3) is 5.91 Å². The maximum Gasteiger partial charge on any atom is 0.252 e. The number of ether oxygens (including phenoxy) is 1. The van der Waals surface area contributed by atoms with Crippen molar-refractivity contribution in [2.45, 2.75) is 0 Å². The van der Waals surface area contributed by atoms with E-state index in [1.807, 2.05) is 6.07 Å². The van der Waals surface area contributed by atoms with Crippen LogP contribution in [0.15, 0.2) is 36.7 Å². The van der Waals surface area contributed by atoms with Crippen LogP contribution in [-0.4, -0.2) is 31.2 Å². The highest BCUT2D eigenvalue weighted by Crippen LogP contribution is 2.33. The van der Waals surface area contributed by atoms with E-state index in [4.69, 9.17) is 27.9 Å². The van der Waals surface area contributed by atoms with Gasteiger partial charge in [-0.25, -0.2) is 0 Å². The zero-order valence-corrected chi connectivity index (χ0v) is 12.9. The number of hydrogen-bond acceptors (Lipinski definition) is 3. The monoisotopic (exact) mass is 324 g/mol. The van der Waals surface area contributed by atoms with Crippen molar-refractivity contribution in [2.24, 2.45) is 0 Å². The second kappa shape index (κ2) is 7.41. The molecule has 1 amide bonds. The van der Waals surface area contributed by atoms with Crippen LogP contribution in [0, 0.1) is 0 Å². The van der Waals surface area contributed by atoms with E-state index >= 15 is 0 Å². The molecule has 0 atom stereocenters.